The SMILES string of the molecule is C[C@H](NP(=O)(c1ccccc1)c1ccccc1)c1cccc(C[C@H](C)NC(=O)OCc2ccccc2)c1. The van der Waals surface area contributed by atoms with Gasteiger partial charge in [-0.1, -0.05) is 91.0 Å². The van der Waals surface area contributed by atoms with Gasteiger partial charge in [-0.3, -0.25) is 9.65 Å². The number of alkyl carbamates (subject to hydrolysis) is 1. The van der Waals surface area contributed by atoms with Gasteiger partial charge in [0, 0.05) is 22.7 Å². The molecular weight excluding hydrogens is 479 g/mol. The zero-order valence-corrected chi connectivity index (χ0v) is 22.1. The van der Waals surface area contributed by atoms with Crippen molar-refractivity contribution in [1.82, 2.24) is 10.4 Å². The first-order valence-corrected chi connectivity index (χ1v) is 14.2. The van der Waals surface area contributed by atoms with Gasteiger partial charge in [0.25, 0.3) is 0 Å². The van der Waals surface area contributed by atoms with Crippen molar-refractivity contribution in [3.8, 4) is 0 Å². The van der Waals surface area contributed by atoms with Gasteiger partial charge >= 0.3 is 6.09 Å². The Balaban J connectivity index is 1.41. The van der Waals surface area contributed by atoms with Crippen molar-refractivity contribution >= 4 is 24.0 Å². The van der Waals surface area contributed by atoms with Gasteiger partial charge in [-0.15, -0.1) is 0 Å². The fourth-order valence-corrected chi connectivity index (χ4v) is 6.76. The third-order valence-corrected chi connectivity index (χ3v) is 8.99. The van der Waals surface area contributed by atoms with Gasteiger partial charge in [0.15, 0.2) is 0 Å². The fourth-order valence-electron chi connectivity index (χ4n) is 4.28. The van der Waals surface area contributed by atoms with Crippen molar-refractivity contribution in [2.75, 3.05) is 0 Å². The number of carbonyl (C=O) groups is 1. The molecule has 5 nitrogen and oxygen atoms in total. The second-order valence-electron chi connectivity index (χ2n) is 9.19. The predicted octanol–water partition coefficient (Wildman–Crippen LogP) is 6.12. The number of ether oxygens (including phenoxy) is 1. The van der Waals surface area contributed by atoms with Crippen LogP contribution in [0.25, 0.3) is 0 Å². The molecule has 0 aromatic heterocycles. The van der Waals surface area contributed by atoms with Crippen LogP contribution in [-0.4, -0.2) is 12.1 Å². The summed E-state index contributed by atoms with van der Waals surface area (Å²) in [6.45, 7) is 4.22. The molecule has 37 heavy (non-hydrogen) atoms. The number of carbonyl (C=O) groups excluding carboxylic acids is 1. The van der Waals surface area contributed by atoms with E-state index in [4.69, 9.17) is 4.74 Å². The van der Waals surface area contributed by atoms with Gasteiger partial charge in [-0.05, 0) is 61.2 Å². The van der Waals surface area contributed by atoms with E-state index in [9.17, 15) is 9.36 Å². The van der Waals surface area contributed by atoms with E-state index >= 15 is 0 Å². The molecule has 0 saturated heterocycles. The quantitative estimate of drug-likeness (QED) is 0.251. The highest BCUT2D eigenvalue weighted by Crippen LogP contribution is 2.41. The maximum atomic E-state index is 14.4. The summed E-state index contributed by atoms with van der Waals surface area (Å²) in [5, 5.41) is 7.91. The molecule has 0 unspecified atom stereocenters. The van der Waals surface area contributed by atoms with Crippen LogP contribution in [0, 0.1) is 0 Å². The average Bonchev–Trinajstić information content (AvgIpc) is 2.93. The Bertz CT molecular complexity index is 1290. The van der Waals surface area contributed by atoms with Crippen LogP contribution in [-0.2, 0) is 22.3 Å². The molecule has 1 amide bonds. The summed E-state index contributed by atoms with van der Waals surface area (Å²) in [6, 6.07) is 36.7. The molecular formula is C31H33N2O3P. The van der Waals surface area contributed by atoms with E-state index in [0.717, 1.165) is 27.3 Å². The van der Waals surface area contributed by atoms with Gasteiger partial charge < -0.3 is 10.1 Å². The molecule has 0 radical (unpaired) electrons. The molecule has 6 heteroatoms. The molecule has 0 bridgehead atoms. The van der Waals surface area contributed by atoms with Crippen LogP contribution in [0.5, 0.6) is 0 Å². The number of benzene rings is 4. The van der Waals surface area contributed by atoms with Crippen LogP contribution in [0.4, 0.5) is 4.79 Å². The first-order chi connectivity index (χ1) is 17.9. The van der Waals surface area contributed by atoms with Crippen molar-refractivity contribution in [2.45, 2.75) is 39.0 Å². The van der Waals surface area contributed by atoms with E-state index in [-0.39, 0.29) is 18.7 Å². The van der Waals surface area contributed by atoms with E-state index in [1.165, 1.54) is 0 Å². The van der Waals surface area contributed by atoms with E-state index < -0.39 is 13.4 Å². The molecule has 0 aliphatic heterocycles. The Hall–Kier alpha value is -3.66. The minimum atomic E-state index is -3.06. The summed E-state index contributed by atoms with van der Waals surface area (Å²) in [7, 11) is -3.06. The number of amides is 1. The highest BCUT2D eigenvalue weighted by molar-refractivity contribution is 7.76. The highest BCUT2D eigenvalue weighted by atomic mass is 31.2. The minimum absolute atomic E-state index is 0.110. The van der Waals surface area contributed by atoms with Crippen LogP contribution < -0.4 is 21.0 Å². The zero-order chi connectivity index (χ0) is 26.1. The molecule has 0 heterocycles. The maximum Gasteiger partial charge on any atom is 0.407 e. The minimum Gasteiger partial charge on any atom is -0.445 e. The normalized spacial score (nSPS) is 12.9. The smallest absolute Gasteiger partial charge is 0.407 e. The summed E-state index contributed by atoms with van der Waals surface area (Å²) >= 11 is 0. The topological polar surface area (TPSA) is 67.4 Å². The van der Waals surface area contributed by atoms with Crippen molar-refractivity contribution in [3.05, 3.63) is 132 Å². The Morgan fingerprint density at radius 1 is 0.757 bits per heavy atom. The average molecular weight is 513 g/mol. The fraction of sp³-hybridized carbons (Fsp3) is 0.194. The first kappa shape index (κ1) is 26.4. The van der Waals surface area contributed by atoms with Gasteiger partial charge in [-0.2, -0.15) is 0 Å². The largest absolute Gasteiger partial charge is 0.445 e. The van der Waals surface area contributed by atoms with Crippen molar-refractivity contribution < 1.29 is 14.1 Å². The van der Waals surface area contributed by atoms with Crippen LogP contribution in [0.3, 0.4) is 0 Å². The van der Waals surface area contributed by atoms with E-state index in [1.54, 1.807) is 0 Å². The zero-order valence-electron chi connectivity index (χ0n) is 21.2. The van der Waals surface area contributed by atoms with Gasteiger partial charge in [0.1, 0.15) is 6.61 Å². The van der Waals surface area contributed by atoms with Crippen LogP contribution >= 0.6 is 7.29 Å². The maximum absolute atomic E-state index is 14.4. The molecule has 0 spiro atoms. The van der Waals surface area contributed by atoms with Gasteiger partial charge in [0.2, 0.25) is 7.29 Å². The molecule has 190 valence electrons. The van der Waals surface area contributed by atoms with Crippen LogP contribution in [0.1, 0.15) is 36.6 Å². The predicted molar refractivity (Wildman–Crippen MR) is 151 cm³/mol. The lowest BCUT2D eigenvalue weighted by molar-refractivity contribution is 0.136. The molecule has 2 atom stereocenters. The Morgan fingerprint density at radius 3 is 1.89 bits per heavy atom. The summed E-state index contributed by atoms with van der Waals surface area (Å²) in [4.78, 5) is 12.2. The lowest BCUT2D eigenvalue weighted by atomic mass is 10.0. The standard InChI is InChI=1S/C31H33N2O3P/c1-24(32-31(34)36-23-26-13-6-3-7-14-26)21-27-15-12-16-28(22-27)25(2)33-37(35,29-17-8-4-9-18-29)30-19-10-5-11-20-30/h3-20,22,24-25H,21,23H2,1-2H3,(H,32,34)(H,33,35)/t24-,25-/m0/s1. The van der Waals surface area contributed by atoms with Gasteiger partial charge in [0.05, 0.1) is 0 Å². The Morgan fingerprint density at radius 2 is 1.30 bits per heavy atom. The van der Waals surface area contributed by atoms with E-state index in [2.05, 4.69) is 16.5 Å². The van der Waals surface area contributed by atoms with E-state index in [1.807, 2.05) is 123 Å². The molecule has 4 aromatic rings. The number of hydrogen-bond acceptors (Lipinski definition) is 3. The third-order valence-electron chi connectivity index (χ3n) is 6.18. The van der Waals surface area contributed by atoms with Crippen LogP contribution in [0.2, 0.25) is 0 Å². The molecule has 0 fully saturated rings. The summed E-state index contributed by atoms with van der Waals surface area (Å²) in [5.41, 5.74) is 3.06. The first-order valence-electron chi connectivity index (χ1n) is 12.5. The summed E-state index contributed by atoms with van der Waals surface area (Å²) in [6.07, 6.45) is 0.213. The molecule has 4 aromatic carbocycles. The molecule has 2 N–H and O–H groups in total. The second kappa shape index (κ2) is 12.5. The summed E-state index contributed by atoms with van der Waals surface area (Å²) in [5.74, 6) is 0. The van der Waals surface area contributed by atoms with Crippen LogP contribution in [0.15, 0.2) is 115 Å². The van der Waals surface area contributed by atoms with Crippen molar-refractivity contribution in [1.29, 1.82) is 0 Å². The number of nitrogens with one attached hydrogen (secondary N) is 2. The summed E-state index contributed by atoms with van der Waals surface area (Å²) < 4.78 is 19.7. The van der Waals surface area contributed by atoms with Crippen molar-refractivity contribution in [3.63, 3.8) is 0 Å². The lowest BCUT2D eigenvalue weighted by Gasteiger charge is -2.25. The second-order valence-corrected chi connectivity index (χ2v) is 11.7. The Kier molecular flexibility index (Phi) is 8.95. The molecule has 0 saturated carbocycles. The number of hydrogen-bond donors (Lipinski definition) is 2. The molecule has 0 aliphatic carbocycles. The van der Waals surface area contributed by atoms with Gasteiger partial charge in [-0.25, -0.2) is 4.79 Å². The molecule has 4 rings (SSSR count). The molecule has 0 aliphatic rings. The lowest BCUT2D eigenvalue weighted by Crippen LogP contribution is -2.34. The highest BCUT2D eigenvalue weighted by Gasteiger charge is 2.29. The Labute approximate surface area is 219 Å². The van der Waals surface area contributed by atoms with Crippen molar-refractivity contribution in [2.24, 2.45) is 0 Å². The number of rotatable bonds is 10. The monoisotopic (exact) mass is 512 g/mol. The van der Waals surface area contributed by atoms with E-state index in [0.29, 0.717) is 6.42 Å². The third kappa shape index (κ3) is 7.19.